The van der Waals surface area contributed by atoms with Crippen LogP contribution in [0.15, 0.2) is 23.0 Å². The molecule has 5 nitrogen and oxygen atoms in total. The van der Waals surface area contributed by atoms with Crippen molar-refractivity contribution in [1.29, 1.82) is 0 Å². The number of carboxylic acids is 1. The first kappa shape index (κ1) is 12.8. The van der Waals surface area contributed by atoms with E-state index in [4.69, 9.17) is 0 Å². The van der Waals surface area contributed by atoms with Crippen LogP contribution >= 0.6 is 11.8 Å². The second kappa shape index (κ2) is 4.89. The summed E-state index contributed by atoms with van der Waals surface area (Å²) in [6.45, 7) is 2.49. The fourth-order valence-electron chi connectivity index (χ4n) is 1.90. The fourth-order valence-corrected chi connectivity index (χ4v) is 2.20. The Kier molecular flexibility index (Phi) is 3.47. The molecule has 0 fully saturated rings. The minimum Gasteiger partial charge on any atom is -0.478 e. The molecule has 0 aliphatic heterocycles. The van der Waals surface area contributed by atoms with E-state index in [0.717, 1.165) is 0 Å². The van der Waals surface area contributed by atoms with Gasteiger partial charge in [-0.2, -0.15) is 11.8 Å². The van der Waals surface area contributed by atoms with E-state index in [1.165, 1.54) is 10.6 Å². The number of carboxylic acid groups (broad SMARTS) is 1. The minimum absolute atomic E-state index is 0.152. The smallest absolute Gasteiger partial charge is 0.337 e. The van der Waals surface area contributed by atoms with E-state index in [0.29, 0.717) is 17.6 Å². The van der Waals surface area contributed by atoms with Crippen molar-refractivity contribution in [3.05, 3.63) is 34.2 Å². The van der Waals surface area contributed by atoms with Crippen LogP contribution in [0, 0.1) is 0 Å². The van der Waals surface area contributed by atoms with Crippen LogP contribution in [0.2, 0.25) is 0 Å². The highest BCUT2D eigenvalue weighted by atomic mass is 32.2. The molecule has 0 saturated heterocycles. The average molecular weight is 266 g/mol. The van der Waals surface area contributed by atoms with E-state index in [1.807, 2.05) is 13.2 Å². The summed E-state index contributed by atoms with van der Waals surface area (Å²) in [5.41, 5.74) is 0.919. The Morgan fingerprint density at radius 1 is 1.56 bits per heavy atom. The summed E-state index contributed by atoms with van der Waals surface area (Å²) in [5, 5.41) is 9.41. The number of nitrogens with zero attached hydrogens (tertiary/aromatic N) is 1. The SMILES string of the molecule is CSC(C)Cn1c(=O)[nH]c2cccc(C(=O)O)c21. The zero-order valence-electron chi connectivity index (χ0n) is 10.1. The van der Waals surface area contributed by atoms with Crippen LogP contribution in [0.25, 0.3) is 11.0 Å². The van der Waals surface area contributed by atoms with Crippen LogP contribution in [0.5, 0.6) is 0 Å². The van der Waals surface area contributed by atoms with Gasteiger partial charge in [0.25, 0.3) is 0 Å². The molecular weight excluding hydrogens is 252 g/mol. The standard InChI is InChI=1S/C12H14N2O3S/c1-7(18-2)6-14-10-8(11(15)16)4-3-5-9(10)13-12(14)17/h3-5,7H,6H2,1-2H3,(H,13,17)(H,15,16). The van der Waals surface area contributed by atoms with Gasteiger partial charge in [0.2, 0.25) is 0 Å². The molecule has 96 valence electrons. The number of H-pyrrole nitrogens is 1. The van der Waals surface area contributed by atoms with Gasteiger partial charge in [-0.3, -0.25) is 4.57 Å². The number of para-hydroxylation sites is 1. The summed E-state index contributed by atoms with van der Waals surface area (Å²) in [6, 6.07) is 4.85. The Balaban J connectivity index is 2.68. The molecule has 0 bridgehead atoms. The van der Waals surface area contributed by atoms with E-state index < -0.39 is 5.97 Å². The van der Waals surface area contributed by atoms with E-state index in [2.05, 4.69) is 4.98 Å². The fraction of sp³-hybridized carbons (Fsp3) is 0.333. The summed E-state index contributed by atoms with van der Waals surface area (Å²) < 4.78 is 1.50. The average Bonchev–Trinajstić information content (AvgIpc) is 2.65. The lowest BCUT2D eigenvalue weighted by molar-refractivity contribution is 0.0698. The Hall–Kier alpha value is -1.69. The summed E-state index contributed by atoms with van der Waals surface area (Å²) in [7, 11) is 0. The maximum Gasteiger partial charge on any atom is 0.337 e. The van der Waals surface area contributed by atoms with Gasteiger partial charge in [-0.1, -0.05) is 13.0 Å². The molecule has 2 rings (SSSR count). The Labute approximate surface area is 108 Å². The number of carbonyl (C=O) groups is 1. The number of aromatic amines is 1. The molecule has 0 saturated carbocycles. The number of hydrogen-bond donors (Lipinski definition) is 2. The highest BCUT2D eigenvalue weighted by molar-refractivity contribution is 7.99. The first-order valence-electron chi connectivity index (χ1n) is 5.52. The van der Waals surface area contributed by atoms with Gasteiger partial charge in [-0.15, -0.1) is 0 Å². The molecule has 1 heterocycles. The van der Waals surface area contributed by atoms with Crippen molar-refractivity contribution >= 4 is 28.8 Å². The van der Waals surface area contributed by atoms with Gasteiger partial charge in [-0.05, 0) is 18.4 Å². The number of imidazole rings is 1. The Morgan fingerprint density at radius 2 is 2.28 bits per heavy atom. The molecule has 2 aromatic rings. The predicted molar refractivity (Wildman–Crippen MR) is 72.5 cm³/mol. The number of nitrogens with one attached hydrogen (secondary N) is 1. The Morgan fingerprint density at radius 3 is 2.89 bits per heavy atom. The topological polar surface area (TPSA) is 75.1 Å². The van der Waals surface area contributed by atoms with Crippen LogP contribution in [-0.4, -0.2) is 32.1 Å². The number of aromatic nitrogens is 2. The molecular formula is C12H14N2O3S. The molecule has 0 aliphatic rings. The molecule has 1 atom stereocenters. The summed E-state index contributed by atoms with van der Waals surface area (Å²) >= 11 is 1.63. The number of fused-ring (bicyclic) bond motifs is 1. The van der Waals surface area contributed by atoms with Crippen molar-refractivity contribution in [1.82, 2.24) is 9.55 Å². The van der Waals surface area contributed by atoms with Crippen LogP contribution in [-0.2, 0) is 6.54 Å². The highest BCUT2D eigenvalue weighted by Gasteiger charge is 2.16. The van der Waals surface area contributed by atoms with E-state index in [9.17, 15) is 14.7 Å². The van der Waals surface area contributed by atoms with Gasteiger partial charge in [0.05, 0.1) is 16.6 Å². The third-order valence-electron chi connectivity index (χ3n) is 2.87. The van der Waals surface area contributed by atoms with Crippen LogP contribution in [0.3, 0.4) is 0 Å². The highest BCUT2D eigenvalue weighted by Crippen LogP contribution is 2.18. The molecule has 18 heavy (non-hydrogen) atoms. The van der Waals surface area contributed by atoms with E-state index in [-0.39, 0.29) is 16.5 Å². The van der Waals surface area contributed by atoms with Crippen molar-refractivity contribution in [2.75, 3.05) is 6.26 Å². The Bertz CT molecular complexity index is 644. The van der Waals surface area contributed by atoms with Gasteiger partial charge in [0, 0.05) is 11.8 Å². The molecule has 1 unspecified atom stereocenters. The second-order valence-electron chi connectivity index (χ2n) is 4.09. The summed E-state index contributed by atoms with van der Waals surface area (Å²) in [6.07, 6.45) is 1.96. The third kappa shape index (κ3) is 2.15. The van der Waals surface area contributed by atoms with Gasteiger partial charge in [-0.25, -0.2) is 9.59 Å². The van der Waals surface area contributed by atoms with Crippen molar-refractivity contribution in [3.8, 4) is 0 Å². The first-order valence-corrected chi connectivity index (χ1v) is 6.81. The van der Waals surface area contributed by atoms with Crippen molar-refractivity contribution < 1.29 is 9.90 Å². The molecule has 0 radical (unpaired) electrons. The van der Waals surface area contributed by atoms with Crippen LogP contribution in [0.4, 0.5) is 0 Å². The normalized spacial score (nSPS) is 12.8. The van der Waals surface area contributed by atoms with Gasteiger partial charge >= 0.3 is 11.7 Å². The predicted octanol–water partition coefficient (Wildman–Crippen LogP) is 1.78. The number of aromatic carboxylic acids is 1. The zero-order valence-corrected chi connectivity index (χ0v) is 11.0. The van der Waals surface area contributed by atoms with E-state index >= 15 is 0 Å². The first-order chi connectivity index (χ1) is 8.54. The lowest BCUT2D eigenvalue weighted by Gasteiger charge is -2.10. The number of hydrogen-bond acceptors (Lipinski definition) is 3. The molecule has 0 amide bonds. The maximum atomic E-state index is 11.9. The zero-order chi connectivity index (χ0) is 13.3. The van der Waals surface area contributed by atoms with Gasteiger partial charge in [0.15, 0.2) is 0 Å². The van der Waals surface area contributed by atoms with Crippen LogP contribution in [0.1, 0.15) is 17.3 Å². The van der Waals surface area contributed by atoms with Crippen molar-refractivity contribution in [3.63, 3.8) is 0 Å². The minimum atomic E-state index is -1.02. The number of rotatable bonds is 4. The van der Waals surface area contributed by atoms with Crippen LogP contribution < -0.4 is 5.69 Å². The molecule has 2 N–H and O–H groups in total. The molecule has 1 aromatic carbocycles. The molecule has 6 heteroatoms. The lowest BCUT2D eigenvalue weighted by Crippen LogP contribution is -2.22. The summed E-state index contributed by atoms with van der Waals surface area (Å²) in [5.74, 6) is -1.02. The van der Waals surface area contributed by atoms with E-state index in [1.54, 1.807) is 23.9 Å². The molecule has 1 aromatic heterocycles. The van der Waals surface area contributed by atoms with Gasteiger partial charge in [0.1, 0.15) is 0 Å². The number of thioether (sulfide) groups is 1. The quantitative estimate of drug-likeness (QED) is 0.884. The third-order valence-corrected chi connectivity index (χ3v) is 3.82. The van der Waals surface area contributed by atoms with Gasteiger partial charge < -0.3 is 10.1 Å². The summed E-state index contributed by atoms with van der Waals surface area (Å²) in [4.78, 5) is 25.8. The van der Waals surface area contributed by atoms with Crippen molar-refractivity contribution in [2.45, 2.75) is 18.7 Å². The largest absolute Gasteiger partial charge is 0.478 e. The molecule has 0 spiro atoms. The monoisotopic (exact) mass is 266 g/mol. The molecule has 0 aliphatic carbocycles. The number of benzene rings is 1. The maximum absolute atomic E-state index is 11.9. The second-order valence-corrected chi connectivity index (χ2v) is 5.37. The van der Waals surface area contributed by atoms with Crippen molar-refractivity contribution in [2.24, 2.45) is 0 Å². The lowest BCUT2D eigenvalue weighted by atomic mass is 10.2.